The van der Waals surface area contributed by atoms with Crippen molar-refractivity contribution in [3.8, 4) is 22.5 Å². The van der Waals surface area contributed by atoms with Crippen molar-refractivity contribution >= 4 is 29.1 Å². The Balaban J connectivity index is 1.38. The zero-order valence-electron chi connectivity index (χ0n) is 23.2. The first-order valence-electron chi connectivity index (χ1n) is 13.5. The van der Waals surface area contributed by atoms with Crippen LogP contribution in [0.3, 0.4) is 0 Å². The van der Waals surface area contributed by atoms with Crippen molar-refractivity contribution < 1.29 is 14.0 Å². The minimum absolute atomic E-state index is 0.00867. The average Bonchev–Trinajstić information content (AvgIpc) is 3.56. The van der Waals surface area contributed by atoms with Crippen LogP contribution in [0.15, 0.2) is 60.9 Å². The monoisotopic (exact) mass is 568 g/mol. The lowest BCUT2D eigenvalue weighted by Gasteiger charge is -2.36. The molecule has 0 unspecified atom stereocenters. The lowest BCUT2D eigenvalue weighted by atomic mass is 10.0. The number of pyridine rings is 1. The molecule has 12 nitrogen and oxygen atoms in total. The minimum atomic E-state index is -0.743. The van der Waals surface area contributed by atoms with E-state index in [4.69, 9.17) is 15.9 Å². The number of imidazole rings is 1. The molecule has 1 aromatic carbocycles. The van der Waals surface area contributed by atoms with Crippen molar-refractivity contribution in [1.29, 1.82) is 0 Å². The Hall–Kier alpha value is -5.17. The molecular formula is C29H29FN10O2. The molecule has 5 heterocycles. The maximum absolute atomic E-state index is 13.5. The summed E-state index contributed by atoms with van der Waals surface area (Å²) in [5.74, 6) is -0.167. The molecule has 0 atom stereocenters. The van der Waals surface area contributed by atoms with E-state index in [1.165, 1.54) is 12.3 Å². The first kappa shape index (κ1) is 27.0. The zero-order chi connectivity index (χ0) is 29.4. The molecule has 1 aliphatic rings. The molecule has 1 aliphatic heterocycles. The largest absolute Gasteiger partial charge is 0.353 e. The van der Waals surface area contributed by atoms with Gasteiger partial charge < -0.3 is 20.9 Å². The fourth-order valence-electron chi connectivity index (χ4n) is 5.13. The molecule has 1 saturated heterocycles. The van der Waals surface area contributed by atoms with Gasteiger partial charge in [-0.2, -0.15) is 14.6 Å². The van der Waals surface area contributed by atoms with Crippen LogP contribution >= 0.6 is 0 Å². The fourth-order valence-corrected chi connectivity index (χ4v) is 5.13. The summed E-state index contributed by atoms with van der Waals surface area (Å²) in [6, 6.07) is 14.3. The third-order valence-corrected chi connectivity index (χ3v) is 7.26. The Bertz CT molecular complexity index is 1790. The van der Waals surface area contributed by atoms with E-state index < -0.39 is 11.9 Å². The number of carbonyl (C=O) groups excluding carboxylic acids is 2. The second-order valence-corrected chi connectivity index (χ2v) is 10.1. The molecule has 0 radical (unpaired) electrons. The summed E-state index contributed by atoms with van der Waals surface area (Å²) < 4.78 is 16.9. The number of benzene rings is 1. The first-order chi connectivity index (χ1) is 20.3. The van der Waals surface area contributed by atoms with Crippen LogP contribution in [0.2, 0.25) is 0 Å². The van der Waals surface area contributed by atoms with Crippen LogP contribution in [0.5, 0.6) is 0 Å². The van der Waals surface area contributed by atoms with Gasteiger partial charge in [0.25, 0.3) is 5.91 Å². The van der Waals surface area contributed by atoms with E-state index in [0.717, 1.165) is 34.3 Å². The van der Waals surface area contributed by atoms with Gasteiger partial charge in [0.05, 0.1) is 24.0 Å². The normalized spacial score (nSPS) is 13.5. The third kappa shape index (κ3) is 5.17. The number of carbonyl (C=O) groups is 2. The van der Waals surface area contributed by atoms with Crippen LogP contribution < -0.4 is 16.0 Å². The Morgan fingerprint density at radius 1 is 1.02 bits per heavy atom. The molecule has 42 heavy (non-hydrogen) atoms. The third-order valence-electron chi connectivity index (χ3n) is 7.26. The molecular weight excluding hydrogens is 539 g/mol. The number of amides is 2. The van der Waals surface area contributed by atoms with Gasteiger partial charge in [0.2, 0.25) is 11.9 Å². The highest BCUT2D eigenvalue weighted by molar-refractivity contribution is 6.03. The second-order valence-electron chi connectivity index (χ2n) is 10.1. The van der Waals surface area contributed by atoms with Crippen molar-refractivity contribution in [2.24, 2.45) is 12.8 Å². The predicted octanol–water partition coefficient (Wildman–Crippen LogP) is 2.50. The topological polar surface area (TPSA) is 140 Å². The molecule has 0 saturated carbocycles. The lowest BCUT2D eigenvalue weighted by molar-refractivity contribution is -0.129. The smallest absolute Gasteiger partial charge is 0.257 e. The average molecular weight is 569 g/mol. The number of nitrogens with one attached hydrogen (secondary N) is 1. The van der Waals surface area contributed by atoms with E-state index >= 15 is 0 Å². The summed E-state index contributed by atoms with van der Waals surface area (Å²) in [6.45, 7) is 4.37. The number of halogens is 1. The quantitative estimate of drug-likeness (QED) is 0.298. The van der Waals surface area contributed by atoms with Gasteiger partial charge in [-0.05, 0) is 25.1 Å². The van der Waals surface area contributed by atoms with Crippen LogP contribution in [0.4, 0.5) is 16.0 Å². The molecule has 6 rings (SSSR count). The Labute approximate surface area is 240 Å². The first-order valence-corrected chi connectivity index (χ1v) is 13.5. The minimum Gasteiger partial charge on any atom is -0.353 e. The summed E-state index contributed by atoms with van der Waals surface area (Å²) in [5, 5.41) is 12.5. The maximum Gasteiger partial charge on any atom is 0.257 e. The van der Waals surface area contributed by atoms with E-state index in [-0.39, 0.29) is 23.8 Å². The number of nitrogens with zero attached hydrogens (tertiary/aromatic N) is 8. The van der Waals surface area contributed by atoms with E-state index in [2.05, 4.69) is 20.2 Å². The molecule has 0 aliphatic carbocycles. The van der Waals surface area contributed by atoms with Crippen molar-refractivity contribution in [1.82, 2.24) is 34.3 Å². The van der Waals surface area contributed by atoms with Gasteiger partial charge in [-0.3, -0.25) is 14.3 Å². The number of hydrogen-bond acceptors (Lipinski definition) is 8. The number of rotatable bonds is 6. The van der Waals surface area contributed by atoms with Crippen LogP contribution in [-0.2, 0) is 11.8 Å². The van der Waals surface area contributed by atoms with Gasteiger partial charge in [0, 0.05) is 56.6 Å². The van der Waals surface area contributed by atoms with Gasteiger partial charge >= 0.3 is 0 Å². The molecule has 3 N–H and O–H groups in total. The molecule has 0 bridgehead atoms. The molecule has 4 aromatic heterocycles. The van der Waals surface area contributed by atoms with E-state index in [1.807, 2.05) is 55.1 Å². The van der Waals surface area contributed by atoms with Crippen LogP contribution in [-0.4, -0.2) is 78.8 Å². The summed E-state index contributed by atoms with van der Waals surface area (Å²) in [7, 11) is 1.90. The summed E-state index contributed by atoms with van der Waals surface area (Å²) in [4.78, 5) is 36.7. The van der Waals surface area contributed by atoms with Crippen molar-refractivity contribution in [2.45, 2.75) is 6.92 Å². The second kappa shape index (κ2) is 11.0. The Kier molecular flexibility index (Phi) is 7.08. The summed E-state index contributed by atoms with van der Waals surface area (Å²) in [6.07, 6.45) is 2.84. The Morgan fingerprint density at radius 3 is 2.50 bits per heavy atom. The molecule has 2 amide bonds. The van der Waals surface area contributed by atoms with Crippen molar-refractivity contribution in [2.75, 3.05) is 42.9 Å². The highest BCUT2D eigenvalue weighted by atomic mass is 19.1. The van der Waals surface area contributed by atoms with Gasteiger partial charge in [-0.1, -0.05) is 29.8 Å². The lowest BCUT2D eigenvalue weighted by Crippen LogP contribution is -2.50. The number of nitrogens with two attached hydrogens (primary N) is 1. The number of fused-ring (bicyclic) bond motifs is 1. The van der Waals surface area contributed by atoms with Crippen LogP contribution in [0.25, 0.3) is 28.2 Å². The number of hydrogen-bond donors (Lipinski definition) is 2. The molecule has 5 aromatic rings. The Morgan fingerprint density at radius 2 is 1.79 bits per heavy atom. The van der Waals surface area contributed by atoms with Crippen molar-refractivity contribution in [3.63, 3.8) is 0 Å². The van der Waals surface area contributed by atoms with Crippen molar-refractivity contribution in [3.05, 3.63) is 78.0 Å². The standard InChI is InChI=1S/C29H29FN10O2/c1-18-3-5-19(6-4-18)27-26(29(37(2)36-27)39-13-11-38(12-14-39)25(41)16-31)21-7-8-24-33-23(17-40(24)35-21)34-28(42)20-9-10-32-22(30)15-20/h3-10,15,17H,11-14,16,31H2,1-2H3,(H,34,42). The van der Waals surface area contributed by atoms with E-state index in [1.54, 1.807) is 15.6 Å². The van der Waals surface area contributed by atoms with E-state index in [9.17, 15) is 14.0 Å². The summed E-state index contributed by atoms with van der Waals surface area (Å²) >= 11 is 0. The maximum atomic E-state index is 13.5. The highest BCUT2D eigenvalue weighted by Crippen LogP contribution is 2.39. The van der Waals surface area contributed by atoms with Crippen LogP contribution in [0, 0.1) is 12.9 Å². The fraction of sp³-hybridized carbons (Fsp3) is 0.241. The predicted molar refractivity (Wildman–Crippen MR) is 155 cm³/mol. The van der Waals surface area contributed by atoms with E-state index in [0.29, 0.717) is 37.5 Å². The van der Waals surface area contributed by atoms with Gasteiger partial charge in [0.15, 0.2) is 11.5 Å². The number of aromatic nitrogens is 6. The van der Waals surface area contributed by atoms with Crippen LogP contribution in [0.1, 0.15) is 15.9 Å². The van der Waals surface area contributed by atoms with Gasteiger partial charge in [-0.25, -0.2) is 14.5 Å². The number of anilines is 2. The van der Waals surface area contributed by atoms with Gasteiger partial charge in [-0.15, -0.1) is 0 Å². The molecule has 1 fully saturated rings. The number of piperazine rings is 1. The zero-order valence-corrected chi connectivity index (χ0v) is 23.2. The SMILES string of the molecule is Cc1ccc(-c2nn(C)c(N3CCN(C(=O)CN)CC3)c2-c2ccc3nc(NC(=O)c4ccnc(F)c4)cn3n2)cc1. The molecule has 214 valence electrons. The number of aryl methyl sites for hydroxylation is 2. The van der Waals surface area contributed by atoms with Gasteiger partial charge in [0.1, 0.15) is 11.5 Å². The molecule has 13 heteroatoms. The summed E-state index contributed by atoms with van der Waals surface area (Å²) in [5.41, 5.74) is 10.6. The molecule has 0 spiro atoms. The highest BCUT2D eigenvalue weighted by Gasteiger charge is 2.28.